The number of nitrogens with one attached hydrogen (secondary N) is 2. The van der Waals surface area contributed by atoms with Crippen molar-refractivity contribution in [2.45, 2.75) is 6.54 Å². The molecule has 1 aromatic heterocycles. The van der Waals surface area contributed by atoms with E-state index in [-0.39, 0.29) is 30.4 Å². The molecule has 2 N–H and O–H groups in total. The maximum absolute atomic E-state index is 12.1. The monoisotopic (exact) mass is 309 g/mol. The third-order valence-corrected chi connectivity index (χ3v) is 3.38. The van der Waals surface area contributed by atoms with E-state index in [1.54, 1.807) is 24.3 Å². The van der Waals surface area contributed by atoms with Crippen LogP contribution in [0.15, 0.2) is 29.1 Å². The van der Waals surface area contributed by atoms with Gasteiger partial charge in [-0.15, -0.1) is 17.5 Å². The van der Waals surface area contributed by atoms with Crippen molar-refractivity contribution in [2.24, 2.45) is 5.92 Å². The topological polar surface area (TPSA) is 88.9 Å². The van der Waals surface area contributed by atoms with Crippen LogP contribution in [0.3, 0.4) is 0 Å². The zero-order chi connectivity index (χ0) is 13.9. The molecule has 1 saturated heterocycles. The lowest BCUT2D eigenvalue weighted by Gasteiger charge is -2.27. The quantitative estimate of drug-likeness (QED) is 0.798. The van der Waals surface area contributed by atoms with Gasteiger partial charge in [-0.05, 0) is 12.1 Å². The first kappa shape index (κ1) is 15.4. The number of hydrogen-bond donors (Lipinski definition) is 2. The summed E-state index contributed by atoms with van der Waals surface area (Å²) < 4.78 is 1.09. The van der Waals surface area contributed by atoms with Crippen LogP contribution in [0.5, 0.6) is 0 Å². The molecular weight excluding hydrogens is 294 g/mol. The van der Waals surface area contributed by atoms with Crippen LogP contribution in [0, 0.1) is 5.92 Å². The molecule has 7 nitrogen and oxygen atoms in total. The lowest BCUT2D eigenvalue weighted by molar-refractivity contribution is -0.122. The summed E-state index contributed by atoms with van der Waals surface area (Å²) in [6.07, 6.45) is 0. The van der Waals surface area contributed by atoms with Crippen molar-refractivity contribution in [1.82, 2.24) is 25.6 Å². The first-order chi connectivity index (χ1) is 9.74. The summed E-state index contributed by atoms with van der Waals surface area (Å²) in [5.41, 5.74) is 0.241. The summed E-state index contributed by atoms with van der Waals surface area (Å²) in [6, 6.07) is 6.96. The van der Waals surface area contributed by atoms with Crippen LogP contribution in [0.25, 0.3) is 10.9 Å². The van der Waals surface area contributed by atoms with Crippen molar-refractivity contribution < 1.29 is 4.79 Å². The van der Waals surface area contributed by atoms with E-state index in [4.69, 9.17) is 0 Å². The van der Waals surface area contributed by atoms with E-state index in [1.807, 2.05) is 0 Å². The van der Waals surface area contributed by atoms with Crippen LogP contribution in [0.4, 0.5) is 0 Å². The summed E-state index contributed by atoms with van der Waals surface area (Å²) in [4.78, 5) is 23.9. The average molecular weight is 310 g/mol. The molecule has 0 aliphatic carbocycles. The predicted octanol–water partition coefficient (Wildman–Crippen LogP) is -0.451. The Morgan fingerprint density at radius 3 is 2.86 bits per heavy atom. The van der Waals surface area contributed by atoms with Crippen LogP contribution < -0.4 is 16.2 Å². The molecule has 1 aromatic carbocycles. The molecule has 0 bridgehead atoms. The first-order valence-corrected chi connectivity index (χ1v) is 6.54. The Bertz CT molecular complexity index is 698. The van der Waals surface area contributed by atoms with E-state index in [1.165, 1.54) is 0 Å². The van der Waals surface area contributed by atoms with E-state index < -0.39 is 0 Å². The summed E-state index contributed by atoms with van der Waals surface area (Å²) in [5, 5.41) is 14.1. The molecule has 21 heavy (non-hydrogen) atoms. The van der Waals surface area contributed by atoms with Crippen molar-refractivity contribution in [3.05, 3.63) is 34.6 Å². The van der Waals surface area contributed by atoms with Crippen LogP contribution in [0.1, 0.15) is 0 Å². The highest BCUT2D eigenvalue weighted by Crippen LogP contribution is 2.03. The van der Waals surface area contributed by atoms with Crippen molar-refractivity contribution in [3.63, 3.8) is 0 Å². The molecule has 112 valence electrons. The second-order valence-electron chi connectivity index (χ2n) is 4.90. The van der Waals surface area contributed by atoms with Gasteiger partial charge in [-0.3, -0.25) is 9.59 Å². The van der Waals surface area contributed by atoms with E-state index in [9.17, 15) is 9.59 Å². The van der Waals surface area contributed by atoms with Gasteiger partial charge in [-0.1, -0.05) is 17.3 Å². The zero-order valence-electron chi connectivity index (χ0n) is 11.3. The zero-order valence-corrected chi connectivity index (χ0v) is 12.1. The number of hydrogen-bond acceptors (Lipinski definition) is 5. The smallest absolute Gasteiger partial charge is 0.278 e. The highest BCUT2D eigenvalue weighted by Gasteiger charge is 2.17. The Morgan fingerprint density at radius 2 is 2.14 bits per heavy atom. The minimum absolute atomic E-state index is 0. The van der Waals surface area contributed by atoms with Gasteiger partial charge in [0.05, 0.1) is 5.39 Å². The Balaban J connectivity index is 0.00000161. The minimum atomic E-state index is -0.295. The number of nitrogens with zero attached hydrogens (tertiary/aromatic N) is 3. The Morgan fingerprint density at radius 1 is 1.38 bits per heavy atom. The summed E-state index contributed by atoms with van der Waals surface area (Å²) in [5.74, 6) is 0.266. The van der Waals surface area contributed by atoms with Gasteiger partial charge >= 0.3 is 0 Å². The maximum Gasteiger partial charge on any atom is 0.278 e. The summed E-state index contributed by atoms with van der Waals surface area (Å²) in [7, 11) is 0. The van der Waals surface area contributed by atoms with Gasteiger partial charge in [0, 0.05) is 25.6 Å². The summed E-state index contributed by atoms with van der Waals surface area (Å²) in [6.45, 7) is 2.38. The highest BCUT2D eigenvalue weighted by molar-refractivity contribution is 5.85. The molecule has 0 radical (unpaired) electrons. The normalized spacial score (nSPS) is 14.3. The number of aromatic nitrogens is 3. The number of fused-ring (bicyclic) bond motifs is 1. The fourth-order valence-corrected chi connectivity index (χ4v) is 2.07. The standard InChI is InChI=1S/C13H15N5O2.ClH/c19-12(15-7-9-5-14-6-9)8-18-13(20)10-3-1-2-4-11(10)16-17-18;/h1-4,9,14H,5-8H2,(H,15,19);1H. The van der Waals surface area contributed by atoms with Crippen LogP contribution in [-0.4, -0.2) is 40.5 Å². The number of carbonyl (C=O) groups is 1. The van der Waals surface area contributed by atoms with Gasteiger partial charge < -0.3 is 10.6 Å². The molecule has 1 fully saturated rings. The molecular formula is C13H16ClN5O2. The van der Waals surface area contributed by atoms with E-state index in [0.717, 1.165) is 17.8 Å². The minimum Gasteiger partial charge on any atom is -0.354 e. The molecule has 0 unspecified atom stereocenters. The molecule has 1 aliphatic heterocycles. The van der Waals surface area contributed by atoms with E-state index in [2.05, 4.69) is 20.9 Å². The number of rotatable bonds is 4. The van der Waals surface area contributed by atoms with Crippen LogP contribution in [-0.2, 0) is 11.3 Å². The average Bonchev–Trinajstić information content (AvgIpc) is 2.40. The molecule has 3 rings (SSSR count). The molecule has 0 saturated carbocycles. The summed E-state index contributed by atoms with van der Waals surface area (Å²) >= 11 is 0. The molecule has 1 aliphatic rings. The van der Waals surface area contributed by atoms with Crippen molar-refractivity contribution in [2.75, 3.05) is 19.6 Å². The van der Waals surface area contributed by atoms with E-state index >= 15 is 0 Å². The second kappa shape index (κ2) is 6.64. The van der Waals surface area contributed by atoms with Crippen molar-refractivity contribution in [3.8, 4) is 0 Å². The second-order valence-corrected chi connectivity index (χ2v) is 4.90. The molecule has 2 aromatic rings. The number of benzene rings is 1. The molecule has 8 heteroatoms. The molecule has 0 spiro atoms. The van der Waals surface area contributed by atoms with Gasteiger partial charge in [0.25, 0.3) is 5.56 Å². The van der Waals surface area contributed by atoms with Gasteiger partial charge in [0.2, 0.25) is 5.91 Å². The fraction of sp³-hybridized carbons (Fsp3) is 0.385. The van der Waals surface area contributed by atoms with Gasteiger partial charge in [0.15, 0.2) is 0 Å². The maximum atomic E-state index is 12.1. The van der Waals surface area contributed by atoms with Crippen molar-refractivity contribution >= 4 is 29.2 Å². The molecule has 0 atom stereocenters. The molecule has 1 amide bonds. The number of carbonyl (C=O) groups excluding carboxylic acids is 1. The Hall–Kier alpha value is -1.99. The van der Waals surface area contributed by atoms with Gasteiger partial charge in [-0.2, -0.15) is 0 Å². The van der Waals surface area contributed by atoms with Crippen molar-refractivity contribution in [1.29, 1.82) is 0 Å². The fourth-order valence-electron chi connectivity index (χ4n) is 2.07. The largest absolute Gasteiger partial charge is 0.354 e. The number of halogens is 1. The highest BCUT2D eigenvalue weighted by atomic mass is 35.5. The van der Waals surface area contributed by atoms with E-state index in [0.29, 0.717) is 23.4 Å². The lowest BCUT2D eigenvalue weighted by atomic mass is 10.0. The predicted molar refractivity (Wildman–Crippen MR) is 80.4 cm³/mol. The first-order valence-electron chi connectivity index (χ1n) is 6.54. The van der Waals surface area contributed by atoms with Crippen LogP contribution in [0.2, 0.25) is 0 Å². The Kier molecular flexibility index (Phi) is 4.87. The third kappa shape index (κ3) is 3.37. The van der Waals surface area contributed by atoms with Crippen LogP contribution >= 0.6 is 12.4 Å². The third-order valence-electron chi connectivity index (χ3n) is 3.38. The lowest BCUT2D eigenvalue weighted by Crippen LogP contribution is -2.48. The van der Waals surface area contributed by atoms with Gasteiger partial charge in [0.1, 0.15) is 12.1 Å². The number of amides is 1. The SMILES string of the molecule is Cl.O=C(Cn1nnc2ccccc2c1=O)NCC1CNC1. The molecule has 2 heterocycles. The van der Waals surface area contributed by atoms with Gasteiger partial charge in [-0.25, -0.2) is 4.68 Å². The Labute approximate surface area is 127 Å².